The number of benzene rings is 1. The lowest BCUT2D eigenvalue weighted by molar-refractivity contribution is 0.0692. The summed E-state index contributed by atoms with van der Waals surface area (Å²) >= 11 is 0. The molecule has 0 amide bonds. The number of rotatable bonds is 7. The van der Waals surface area contributed by atoms with Crippen molar-refractivity contribution in [1.29, 1.82) is 0 Å². The van der Waals surface area contributed by atoms with Crippen molar-refractivity contribution in [2.75, 3.05) is 12.3 Å². The zero-order chi connectivity index (χ0) is 25.1. The van der Waals surface area contributed by atoms with E-state index >= 15 is 0 Å². The van der Waals surface area contributed by atoms with E-state index in [0.717, 1.165) is 47.9 Å². The normalized spacial score (nSPS) is 18.5. The van der Waals surface area contributed by atoms with Gasteiger partial charge in [-0.1, -0.05) is 0 Å². The third kappa shape index (κ3) is 4.38. The van der Waals surface area contributed by atoms with E-state index in [0.29, 0.717) is 17.7 Å². The molecule has 1 atom stereocenters. The minimum absolute atomic E-state index is 0.0133. The SMILES string of the molecule is CC(C)(F)CNS(=O)(=O)c1cc2c(c3cnc(C4CC4)cc13)CCCC2n1cnc(C(=O)O)c1N. The number of aromatic carboxylic acids is 1. The van der Waals surface area contributed by atoms with Gasteiger partial charge in [0.1, 0.15) is 11.5 Å². The van der Waals surface area contributed by atoms with E-state index in [2.05, 4.69) is 14.7 Å². The molecule has 186 valence electrons. The molecule has 35 heavy (non-hydrogen) atoms. The molecule has 1 saturated carbocycles. The summed E-state index contributed by atoms with van der Waals surface area (Å²) in [4.78, 5) is 20.1. The number of carboxylic acids is 1. The highest BCUT2D eigenvalue weighted by Crippen LogP contribution is 2.44. The summed E-state index contributed by atoms with van der Waals surface area (Å²) in [5, 5.41) is 10.7. The highest BCUT2D eigenvalue weighted by atomic mass is 32.2. The third-order valence-electron chi connectivity index (χ3n) is 6.75. The Bertz CT molecular complexity index is 1440. The second-order valence-corrected chi connectivity index (χ2v) is 11.7. The van der Waals surface area contributed by atoms with Crippen molar-refractivity contribution in [3.8, 4) is 0 Å². The van der Waals surface area contributed by atoms with Crippen molar-refractivity contribution in [3.63, 3.8) is 0 Å². The van der Waals surface area contributed by atoms with Crippen molar-refractivity contribution in [2.24, 2.45) is 0 Å². The zero-order valence-electron chi connectivity index (χ0n) is 19.6. The predicted octanol–water partition coefficient (Wildman–Crippen LogP) is 3.54. The maximum absolute atomic E-state index is 14.2. The Kier molecular flexibility index (Phi) is 5.59. The number of hydrogen-bond acceptors (Lipinski definition) is 6. The van der Waals surface area contributed by atoms with Crippen LogP contribution in [0.1, 0.15) is 78.8 Å². The van der Waals surface area contributed by atoms with Crippen molar-refractivity contribution >= 4 is 32.6 Å². The lowest BCUT2D eigenvalue weighted by Gasteiger charge is -2.29. The van der Waals surface area contributed by atoms with Crippen LogP contribution in [0.15, 0.2) is 29.6 Å². The number of carboxylic acid groups (broad SMARTS) is 1. The van der Waals surface area contributed by atoms with E-state index in [1.165, 1.54) is 20.2 Å². The lowest BCUT2D eigenvalue weighted by atomic mass is 9.84. The van der Waals surface area contributed by atoms with E-state index in [-0.39, 0.29) is 23.0 Å². The van der Waals surface area contributed by atoms with Gasteiger partial charge in [0.25, 0.3) is 0 Å². The zero-order valence-corrected chi connectivity index (χ0v) is 20.4. The molecule has 11 heteroatoms. The number of carbonyl (C=O) groups is 1. The Morgan fingerprint density at radius 3 is 2.63 bits per heavy atom. The maximum Gasteiger partial charge on any atom is 0.358 e. The molecule has 9 nitrogen and oxygen atoms in total. The van der Waals surface area contributed by atoms with Crippen molar-refractivity contribution in [1.82, 2.24) is 19.3 Å². The van der Waals surface area contributed by atoms with Gasteiger partial charge in [-0.05, 0) is 69.2 Å². The minimum atomic E-state index is -4.07. The summed E-state index contributed by atoms with van der Waals surface area (Å²) in [7, 11) is -4.07. The summed E-state index contributed by atoms with van der Waals surface area (Å²) < 4.78 is 45.1. The number of nitrogens with zero attached hydrogens (tertiary/aromatic N) is 3. The standard InChI is InChI=1S/C24H28FN5O4S/c1-24(2,25)11-29-35(33,34)20-9-15-14(17-10-27-18(8-16(17)20)13-6-7-13)4-3-5-19(15)30-12-28-21(22(30)26)23(31)32/h8-10,12-13,19,29H,3-7,11,26H2,1-2H3,(H,31,32). The molecule has 5 rings (SSSR count). The number of hydrogen-bond donors (Lipinski definition) is 3. The fraction of sp³-hybridized carbons (Fsp3) is 0.458. The second-order valence-electron chi connectivity index (χ2n) is 10.0. The van der Waals surface area contributed by atoms with E-state index in [1.54, 1.807) is 16.8 Å². The molecule has 1 fully saturated rings. The number of halogens is 1. The molecule has 2 heterocycles. The Balaban J connectivity index is 1.71. The van der Waals surface area contributed by atoms with Crippen LogP contribution in [0.4, 0.5) is 10.2 Å². The van der Waals surface area contributed by atoms with E-state index in [4.69, 9.17) is 5.73 Å². The first-order valence-corrected chi connectivity index (χ1v) is 13.1. The smallest absolute Gasteiger partial charge is 0.358 e. The number of imidazole rings is 1. The maximum atomic E-state index is 14.2. The van der Waals surface area contributed by atoms with Crippen molar-refractivity contribution in [2.45, 2.75) is 68.5 Å². The molecule has 1 aromatic carbocycles. The summed E-state index contributed by atoms with van der Waals surface area (Å²) in [6, 6.07) is 3.09. The third-order valence-corrected chi connectivity index (χ3v) is 8.19. The molecule has 2 aromatic heterocycles. The fourth-order valence-corrected chi connectivity index (χ4v) is 6.25. The van der Waals surface area contributed by atoms with Crippen LogP contribution in [0.5, 0.6) is 0 Å². The molecule has 0 radical (unpaired) electrons. The first-order chi connectivity index (χ1) is 16.5. The number of aromatic nitrogens is 3. The van der Waals surface area contributed by atoms with Gasteiger partial charge in [0.15, 0.2) is 5.69 Å². The van der Waals surface area contributed by atoms with Crippen LogP contribution in [0.25, 0.3) is 10.8 Å². The van der Waals surface area contributed by atoms with Crippen molar-refractivity contribution < 1.29 is 22.7 Å². The van der Waals surface area contributed by atoms with Gasteiger partial charge in [-0.2, -0.15) is 0 Å². The molecule has 3 aromatic rings. The number of pyridine rings is 1. The number of fused-ring (bicyclic) bond motifs is 3. The lowest BCUT2D eigenvalue weighted by Crippen LogP contribution is -2.35. The molecule has 2 aliphatic rings. The van der Waals surface area contributed by atoms with Gasteiger partial charge in [-0.25, -0.2) is 27.3 Å². The van der Waals surface area contributed by atoms with Crippen LogP contribution in [0.3, 0.4) is 0 Å². The number of nitrogen functional groups attached to an aromatic ring is 1. The molecule has 0 saturated heterocycles. The summed E-state index contributed by atoms with van der Waals surface area (Å²) in [6.07, 6.45) is 7.32. The molecule has 0 aliphatic heterocycles. The monoisotopic (exact) mass is 501 g/mol. The van der Waals surface area contributed by atoms with Crippen LogP contribution in [0, 0.1) is 0 Å². The minimum Gasteiger partial charge on any atom is -0.476 e. The number of nitrogens with one attached hydrogen (secondary N) is 1. The quantitative estimate of drug-likeness (QED) is 0.450. The molecule has 0 bridgehead atoms. The van der Waals surface area contributed by atoms with Crippen LogP contribution in [0.2, 0.25) is 0 Å². The fourth-order valence-electron chi connectivity index (χ4n) is 4.82. The Labute approximate surface area is 202 Å². The molecule has 4 N–H and O–H groups in total. The van der Waals surface area contributed by atoms with E-state index in [1.807, 2.05) is 6.07 Å². The molecular formula is C24H28FN5O4S. The second kappa shape index (κ2) is 8.27. The molecule has 2 aliphatic carbocycles. The molecular weight excluding hydrogens is 473 g/mol. The summed E-state index contributed by atoms with van der Waals surface area (Å²) in [5.74, 6) is -0.884. The van der Waals surface area contributed by atoms with Gasteiger partial charge >= 0.3 is 5.97 Å². The van der Waals surface area contributed by atoms with Gasteiger partial charge in [0.2, 0.25) is 10.0 Å². The average Bonchev–Trinajstić information content (AvgIpc) is 3.57. The topological polar surface area (TPSA) is 140 Å². The van der Waals surface area contributed by atoms with Gasteiger partial charge in [-0.3, -0.25) is 4.98 Å². The van der Waals surface area contributed by atoms with Crippen LogP contribution in [-0.2, 0) is 16.4 Å². The van der Waals surface area contributed by atoms with E-state index in [9.17, 15) is 22.7 Å². The number of sulfonamides is 1. The highest BCUT2D eigenvalue weighted by molar-refractivity contribution is 7.89. The van der Waals surface area contributed by atoms with Gasteiger partial charge < -0.3 is 15.4 Å². The number of alkyl halides is 1. The Morgan fingerprint density at radius 2 is 2.00 bits per heavy atom. The van der Waals surface area contributed by atoms with Crippen LogP contribution < -0.4 is 10.5 Å². The van der Waals surface area contributed by atoms with Crippen molar-refractivity contribution in [3.05, 3.63) is 47.2 Å². The number of nitrogens with two attached hydrogens (primary N) is 1. The summed E-state index contributed by atoms with van der Waals surface area (Å²) in [6.45, 7) is 2.26. The first kappa shape index (κ1) is 23.7. The highest BCUT2D eigenvalue weighted by Gasteiger charge is 2.32. The van der Waals surface area contributed by atoms with Crippen LogP contribution >= 0.6 is 0 Å². The number of aryl methyl sites for hydroxylation is 1. The molecule has 1 unspecified atom stereocenters. The molecule has 0 spiro atoms. The average molecular weight is 502 g/mol. The number of anilines is 1. The van der Waals surface area contributed by atoms with Crippen LogP contribution in [-0.4, -0.2) is 46.2 Å². The Morgan fingerprint density at radius 1 is 1.26 bits per heavy atom. The Hall–Kier alpha value is -3.05. The van der Waals surface area contributed by atoms with Gasteiger partial charge in [-0.15, -0.1) is 0 Å². The van der Waals surface area contributed by atoms with Gasteiger partial charge in [0.05, 0.1) is 17.3 Å². The summed E-state index contributed by atoms with van der Waals surface area (Å²) in [5.41, 5.74) is 6.70. The first-order valence-electron chi connectivity index (χ1n) is 11.7. The largest absolute Gasteiger partial charge is 0.476 e. The van der Waals surface area contributed by atoms with E-state index < -0.39 is 27.7 Å². The predicted molar refractivity (Wildman–Crippen MR) is 129 cm³/mol. The van der Waals surface area contributed by atoms with Gasteiger partial charge in [0, 0.05) is 35.1 Å².